The van der Waals surface area contributed by atoms with Gasteiger partial charge in [0, 0.05) is 32.6 Å². The molecule has 27 heavy (non-hydrogen) atoms. The van der Waals surface area contributed by atoms with Crippen molar-refractivity contribution in [1.82, 2.24) is 34.3 Å². The molecule has 146 valence electrons. The van der Waals surface area contributed by atoms with E-state index in [2.05, 4.69) is 24.8 Å². The van der Waals surface area contributed by atoms with Crippen LogP contribution in [0.4, 0.5) is 0 Å². The number of likely N-dealkylation sites (tertiary alicyclic amines) is 1. The van der Waals surface area contributed by atoms with Crippen LogP contribution < -0.4 is 0 Å². The number of carbonyl (C=O) groups excluding carboxylic acids is 1. The highest BCUT2D eigenvalue weighted by molar-refractivity contribution is 5.95. The van der Waals surface area contributed by atoms with E-state index in [1.165, 1.54) is 0 Å². The topological polar surface area (TPSA) is 72.1 Å². The second kappa shape index (κ2) is 7.42. The van der Waals surface area contributed by atoms with E-state index in [1.807, 2.05) is 30.7 Å². The zero-order valence-corrected chi connectivity index (χ0v) is 16.6. The van der Waals surface area contributed by atoms with Crippen molar-refractivity contribution in [2.45, 2.75) is 51.1 Å². The van der Waals surface area contributed by atoms with Gasteiger partial charge < -0.3 is 14.4 Å². The molecule has 0 saturated carbocycles. The second-order valence-electron chi connectivity index (χ2n) is 8.05. The molecular formula is C19H29N7O. The van der Waals surface area contributed by atoms with Gasteiger partial charge in [-0.2, -0.15) is 5.10 Å². The first-order valence-electron chi connectivity index (χ1n) is 9.91. The number of rotatable bonds is 4. The van der Waals surface area contributed by atoms with Gasteiger partial charge in [-0.05, 0) is 46.2 Å². The quantitative estimate of drug-likeness (QED) is 0.813. The fourth-order valence-corrected chi connectivity index (χ4v) is 4.29. The first kappa shape index (κ1) is 18.2. The van der Waals surface area contributed by atoms with Crippen LogP contribution >= 0.6 is 0 Å². The van der Waals surface area contributed by atoms with E-state index < -0.39 is 0 Å². The van der Waals surface area contributed by atoms with Crippen molar-refractivity contribution in [2.24, 2.45) is 7.05 Å². The van der Waals surface area contributed by atoms with Crippen LogP contribution in [0.25, 0.3) is 0 Å². The van der Waals surface area contributed by atoms with Crippen LogP contribution in [0.15, 0.2) is 6.20 Å². The van der Waals surface area contributed by atoms with Crippen LogP contribution in [0.5, 0.6) is 0 Å². The lowest BCUT2D eigenvalue weighted by Gasteiger charge is -2.32. The zero-order valence-electron chi connectivity index (χ0n) is 16.6. The molecule has 8 nitrogen and oxygen atoms in total. The summed E-state index contributed by atoms with van der Waals surface area (Å²) < 4.78 is 4.11. The van der Waals surface area contributed by atoms with Crippen molar-refractivity contribution in [1.29, 1.82) is 0 Å². The lowest BCUT2D eigenvalue weighted by Crippen LogP contribution is -2.40. The van der Waals surface area contributed by atoms with Gasteiger partial charge in [0.05, 0.1) is 24.0 Å². The summed E-state index contributed by atoms with van der Waals surface area (Å²) in [7, 11) is 6.09. The monoisotopic (exact) mass is 371 g/mol. The number of nitrogens with zero attached hydrogens (tertiary/aromatic N) is 7. The number of fused-ring (bicyclic) bond motifs is 1. The fraction of sp³-hybridized carbons (Fsp3) is 0.684. The maximum Gasteiger partial charge on any atom is 0.257 e. The van der Waals surface area contributed by atoms with Gasteiger partial charge in [0.2, 0.25) is 0 Å². The van der Waals surface area contributed by atoms with Gasteiger partial charge >= 0.3 is 0 Å². The van der Waals surface area contributed by atoms with Crippen molar-refractivity contribution >= 4 is 5.91 Å². The first-order valence-corrected chi connectivity index (χ1v) is 9.91. The van der Waals surface area contributed by atoms with Crippen LogP contribution in [-0.4, -0.2) is 67.4 Å². The van der Waals surface area contributed by atoms with Gasteiger partial charge in [0.25, 0.3) is 5.91 Å². The second-order valence-corrected chi connectivity index (χ2v) is 8.05. The van der Waals surface area contributed by atoms with Crippen LogP contribution in [0.2, 0.25) is 0 Å². The molecule has 2 aromatic rings. The van der Waals surface area contributed by atoms with E-state index >= 15 is 0 Å². The molecule has 1 amide bonds. The third-order valence-corrected chi connectivity index (χ3v) is 5.74. The lowest BCUT2D eigenvalue weighted by molar-refractivity contribution is 0.0701. The number of hydrogen-bond acceptors (Lipinski definition) is 5. The smallest absolute Gasteiger partial charge is 0.257 e. The summed E-state index contributed by atoms with van der Waals surface area (Å²) >= 11 is 0. The molecule has 2 aliphatic rings. The van der Waals surface area contributed by atoms with Crippen LogP contribution in [0, 0.1) is 0 Å². The SMILES string of the molecule is CN(C)Cc1nnc([C@H]2CCCN(C(=O)c3cnn4c3CCCC4)C2)n1C. The summed E-state index contributed by atoms with van der Waals surface area (Å²) in [5.41, 5.74) is 1.90. The summed E-state index contributed by atoms with van der Waals surface area (Å²) in [6.07, 6.45) is 7.05. The third-order valence-electron chi connectivity index (χ3n) is 5.74. The van der Waals surface area contributed by atoms with E-state index in [4.69, 9.17) is 0 Å². The number of amides is 1. The summed E-state index contributed by atoms with van der Waals surface area (Å²) in [4.78, 5) is 17.2. The number of aromatic nitrogens is 5. The lowest BCUT2D eigenvalue weighted by atomic mass is 9.96. The Hall–Kier alpha value is -2.22. The van der Waals surface area contributed by atoms with Gasteiger partial charge in [-0.25, -0.2) is 0 Å². The number of aryl methyl sites for hydroxylation is 1. The molecule has 8 heteroatoms. The van der Waals surface area contributed by atoms with E-state index in [0.29, 0.717) is 6.54 Å². The molecular weight excluding hydrogens is 342 g/mol. The molecule has 2 aliphatic heterocycles. The average Bonchev–Trinajstić information content (AvgIpc) is 3.25. The Labute approximate surface area is 160 Å². The van der Waals surface area contributed by atoms with E-state index in [-0.39, 0.29) is 11.8 Å². The molecule has 0 spiro atoms. The summed E-state index contributed by atoms with van der Waals surface area (Å²) in [6.45, 7) is 3.21. The fourth-order valence-electron chi connectivity index (χ4n) is 4.29. The molecule has 4 heterocycles. The average molecular weight is 371 g/mol. The van der Waals surface area contributed by atoms with Crippen molar-refractivity contribution in [3.63, 3.8) is 0 Å². The molecule has 0 aliphatic carbocycles. The minimum atomic E-state index is 0.124. The molecule has 0 aromatic carbocycles. The summed E-state index contributed by atoms with van der Waals surface area (Å²) in [5, 5.41) is 13.2. The van der Waals surface area contributed by atoms with Crippen LogP contribution in [-0.2, 0) is 26.6 Å². The molecule has 0 bridgehead atoms. The Morgan fingerprint density at radius 1 is 1.22 bits per heavy atom. The highest BCUT2D eigenvalue weighted by Crippen LogP contribution is 2.28. The van der Waals surface area contributed by atoms with Crippen molar-refractivity contribution in [2.75, 3.05) is 27.2 Å². The number of hydrogen-bond donors (Lipinski definition) is 0. The maximum absolute atomic E-state index is 13.2. The van der Waals surface area contributed by atoms with Crippen molar-refractivity contribution < 1.29 is 4.79 Å². The highest BCUT2D eigenvalue weighted by Gasteiger charge is 2.31. The Morgan fingerprint density at radius 3 is 2.89 bits per heavy atom. The normalized spacial score (nSPS) is 20.1. The first-order chi connectivity index (χ1) is 13.0. The van der Waals surface area contributed by atoms with Gasteiger partial charge in [-0.3, -0.25) is 9.48 Å². The molecule has 1 saturated heterocycles. The molecule has 1 fully saturated rings. The summed E-state index contributed by atoms with van der Waals surface area (Å²) in [5.74, 6) is 2.31. The number of piperidine rings is 1. The molecule has 1 atom stereocenters. The highest BCUT2D eigenvalue weighted by atomic mass is 16.2. The Balaban J connectivity index is 1.51. The zero-order chi connectivity index (χ0) is 19.0. The summed E-state index contributed by atoms with van der Waals surface area (Å²) in [6, 6.07) is 0. The minimum absolute atomic E-state index is 0.124. The molecule has 0 N–H and O–H groups in total. The number of carbonyl (C=O) groups is 1. The predicted octanol–water partition coefficient (Wildman–Crippen LogP) is 1.43. The minimum Gasteiger partial charge on any atom is -0.338 e. The predicted molar refractivity (Wildman–Crippen MR) is 101 cm³/mol. The standard InChI is InChI=1S/C19H29N7O/c1-23(2)13-17-21-22-18(24(17)3)14-7-6-9-25(12-14)19(27)15-11-20-26-10-5-4-8-16(15)26/h11,14H,4-10,12-13H2,1-3H3/t14-/m0/s1. The third kappa shape index (κ3) is 3.50. The molecule has 0 unspecified atom stereocenters. The Bertz CT molecular complexity index is 822. The van der Waals surface area contributed by atoms with Gasteiger partial charge in [-0.1, -0.05) is 0 Å². The van der Waals surface area contributed by atoms with Crippen molar-refractivity contribution in [3.8, 4) is 0 Å². The molecule has 2 aromatic heterocycles. The van der Waals surface area contributed by atoms with Crippen LogP contribution in [0.3, 0.4) is 0 Å². The van der Waals surface area contributed by atoms with Gasteiger partial charge in [0.1, 0.15) is 11.6 Å². The van der Waals surface area contributed by atoms with Crippen LogP contribution in [0.1, 0.15) is 59.3 Å². The molecule has 0 radical (unpaired) electrons. The molecule has 4 rings (SSSR count). The van der Waals surface area contributed by atoms with Gasteiger partial charge in [-0.15, -0.1) is 10.2 Å². The maximum atomic E-state index is 13.2. The van der Waals surface area contributed by atoms with E-state index in [1.54, 1.807) is 6.20 Å². The Kier molecular flexibility index (Phi) is 4.99. The van der Waals surface area contributed by atoms with Crippen molar-refractivity contribution in [3.05, 3.63) is 29.1 Å². The van der Waals surface area contributed by atoms with E-state index in [9.17, 15) is 4.79 Å². The Morgan fingerprint density at radius 2 is 2.07 bits per heavy atom. The van der Waals surface area contributed by atoms with E-state index in [0.717, 1.165) is 74.6 Å². The largest absolute Gasteiger partial charge is 0.338 e. The van der Waals surface area contributed by atoms with Gasteiger partial charge in [0.15, 0.2) is 0 Å².